The number of hydrogen-bond donors (Lipinski definition) is 1. The van der Waals surface area contributed by atoms with Crippen molar-refractivity contribution in [1.29, 1.82) is 0 Å². The van der Waals surface area contributed by atoms with E-state index in [0.717, 1.165) is 5.56 Å². The third-order valence-corrected chi connectivity index (χ3v) is 2.61. The van der Waals surface area contributed by atoms with Gasteiger partial charge in [-0.1, -0.05) is 11.6 Å². The van der Waals surface area contributed by atoms with Gasteiger partial charge in [0, 0.05) is 18.4 Å². The van der Waals surface area contributed by atoms with Crippen LogP contribution in [0.4, 0.5) is 0 Å². The maximum atomic E-state index is 5.99. The molecule has 1 aliphatic rings. The van der Waals surface area contributed by atoms with Gasteiger partial charge in [-0.25, -0.2) is 0 Å². The van der Waals surface area contributed by atoms with Crippen LogP contribution < -0.4 is 5.73 Å². The molecule has 2 N–H and O–H groups in total. The molecule has 1 aliphatic carbocycles. The summed E-state index contributed by atoms with van der Waals surface area (Å²) in [6, 6.07) is 2.02. The summed E-state index contributed by atoms with van der Waals surface area (Å²) in [5, 5.41) is 0.692. The number of pyridine rings is 1. The monoisotopic (exact) mass is 254 g/mol. The highest BCUT2D eigenvalue weighted by atomic mass is 35.5. The van der Waals surface area contributed by atoms with Crippen molar-refractivity contribution >= 4 is 36.4 Å². The minimum atomic E-state index is 0. The van der Waals surface area contributed by atoms with Gasteiger partial charge in [0.15, 0.2) is 0 Å². The number of nitrogens with zero attached hydrogens (tertiary/aromatic N) is 1. The molecule has 0 aromatic carbocycles. The first-order valence-corrected chi connectivity index (χ1v) is 4.52. The fourth-order valence-electron chi connectivity index (χ4n) is 1.37. The van der Waals surface area contributed by atoms with Crippen LogP contribution in [0, 0.1) is 5.92 Å². The Labute approximate surface area is 101 Å². The number of nitrogens with two attached hydrogens (primary N) is 1. The van der Waals surface area contributed by atoms with Gasteiger partial charge in [0.2, 0.25) is 0 Å². The van der Waals surface area contributed by atoms with E-state index in [2.05, 4.69) is 4.98 Å². The van der Waals surface area contributed by atoms with Crippen molar-refractivity contribution in [2.24, 2.45) is 11.7 Å². The number of hydrogen-bond acceptors (Lipinski definition) is 2. The van der Waals surface area contributed by atoms with Crippen LogP contribution in [0.25, 0.3) is 0 Å². The van der Waals surface area contributed by atoms with Crippen LogP contribution in [0.15, 0.2) is 18.5 Å². The molecule has 1 fully saturated rings. The van der Waals surface area contributed by atoms with Gasteiger partial charge in [0.25, 0.3) is 0 Å². The van der Waals surface area contributed by atoms with Gasteiger partial charge in [-0.2, -0.15) is 0 Å². The van der Waals surface area contributed by atoms with E-state index in [1.807, 2.05) is 6.07 Å². The van der Waals surface area contributed by atoms with Crippen molar-refractivity contribution in [3.8, 4) is 0 Å². The van der Waals surface area contributed by atoms with Crippen LogP contribution >= 0.6 is 36.4 Å². The van der Waals surface area contributed by atoms with E-state index >= 15 is 0 Å². The van der Waals surface area contributed by atoms with Crippen LogP contribution in [0.1, 0.15) is 24.4 Å². The van der Waals surface area contributed by atoms with Gasteiger partial charge in [-0.15, -0.1) is 24.8 Å². The molecule has 2 nitrogen and oxygen atoms in total. The number of aromatic nitrogens is 1. The summed E-state index contributed by atoms with van der Waals surface area (Å²) in [7, 11) is 0. The fourth-order valence-corrected chi connectivity index (χ4v) is 1.61. The van der Waals surface area contributed by atoms with E-state index in [-0.39, 0.29) is 30.9 Å². The van der Waals surface area contributed by atoms with Gasteiger partial charge < -0.3 is 5.73 Å². The lowest BCUT2D eigenvalue weighted by Crippen LogP contribution is -2.12. The molecule has 80 valence electrons. The lowest BCUT2D eigenvalue weighted by molar-refractivity contribution is 0.633. The Morgan fingerprint density at radius 3 is 2.57 bits per heavy atom. The number of halogens is 3. The Morgan fingerprint density at radius 1 is 1.43 bits per heavy atom. The zero-order valence-corrected chi connectivity index (χ0v) is 9.91. The molecule has 1 aromatic rings. The predicted octanol–water partition coefficient (Wildman–Crippen LogP) is 2.99. The molecular formula is C9H13Cl3N2. The first-order valence-electron chi connectivity index (χ1n) is 4.14. The normalized spacial score (nSPS) is 16.4. The first-order chi connectivity index (χ1) is 5.79. The lowest BCUT2D eigenvalue weighted by Gasteiger charge is -2.11. The van der Waals surface area contributed by atoms with Crippen LogP contribution in [-0.4, -0.2) is 4.98 Å². The summed E-state index contributed by atoms with van der Waals surface area (Å²) in [6.45, 7) is 0. The molecule has 1 saturated carbocycles. The third-order valence-electron chi connectivity index (χ3n) is 2.29. The Kier molecular flexibility index (Phi) is 5.75. The highest BCUT2D eigenvalue weighted by molar-refractivity contribution is 6.31. The summed E-state index contributed by atoms with van der Waals surface area (Å²) < 4.78 is 0. The van der Waals surface area contributed by atoms with E-state index in [9.17, 15) is 0 Å². The Bertz CT molecular complexity index is 289. The second kappa shape index (κ2) is 5.76. The van der Waals surface area contributed by atoms with Crippen LogP contribution in [0.3, 0.4) is 0 Å². The molecule has 1 unspecified atom stereocenters. The van der Waals surface area contributed by atoms with Crippen molar-refractivity contribution in [2.45, 2.75) is 18.9 Å². The summed E-state index contributed by atoms with van der Waals surface area (Å²) in [4.78, 5) is 3.92. The van der Waals surface area contributed by atoms with Crippen molar-refractivity contribution in [1.82, 2.24) is 4.98 Å². The summed E-state index contributed by atoms with van der Waals surface area (Å²) in [5.74, 6) is 0.643. The SMILES string of the molecule is Cl.Cl.NC(c1ccncc1Cl)C1CC1. The molecule has 0 aliphatic heterocycles. The molecule has 14 heavy (non-hydrogen) atoms. The Hall–Kier alpha value is -0.0200. The summed E-state index contributed by atoms with van der Waals surface area (Å²) >= 11 is 5.95. The topological polar surface area (TPSA) is 38.9 Å². The first kappa shape index (κ1) is 14.0. The summed E-state index contributed by atoms with van der Waals surface area (Å²) in [6.07, 6.45) is 5.86. The van der Waals surface area contributed by atoms with Crippen LogP contribution in [0.5, 0.6) is 0 Å². The maximum Gasteiger partial charge on any atom is 0.0637 e. The molecule has 0 amide bonds. The second-order valence-corrected chi connectivity index (χ2v) is 3.67. The van der Waals surface area contributed by atoms with Crippen LogP contribution in [-0.2, 0) is 0 Å². The minimum Gasteiger partial charge on any atom is -0.324 e. The minimum absolute atomic E-state index is 0. The van der Waals surface area contributed by atoms with Gasteiger partial charge in [0.1, 0.15) is 0 Å². The molecule has 0 saturated heterocycles. The molecule has 0 bridgehead atoms. The smallest absolute Gasteiger partial charge is 0.0637 e. The zero-order chi connectivity index (χ0) is 8.55. The molecule has 2 rings (SSSR count). The number of rotatable bonds is 2. The lowest BCUT2D eigenvalue weighted by atomic mass is 10.1. The van der Waals surface area contributed by atoms with Gasteiger partial charge >= 0.3 is 0 Å². The average molecular weight is 256 g/mol. The van der Waals surface area contributed by atoms with Crippen molar-refractivity contribution in [3.05, 3.63) is 29.0 Å². The van der Waals surface area contributed by atoms with E-state index in [1.54, 1.807) is 12.4 Å². The van der Waals surface area contributed by atoms with Gasteiger partial charge in [-0.3, -0.25) is 4.98 Å². The highest BCUT2D eigenvalue weighted by Gasteiger charge is 2.30. The summed E-state index contributed by atoms with van der Waals surface area (Å²) in [5.41, 5.74) is 7.03. The van der Waals surface area contributed by atoms with E-state index in [0.29, 0.717) is 10.9 Å². The van der Waals surface area contributed by atoms with Crippen molar-refractivity contribution in [3.63, 3.8) is 0 Å². The third kappa shape index (κ3) is 2.99. The van der Waals surface area contributed by atoms with E-state index < -0.39 is 0 Å². The van der Waals surface area contributed by atoms with E-state index in [1.165, 1.54) is 12.8 Å². The Balaban J connectivity index is 0.000000845. The molecule has 5 heteroatoms. The largest absolute Gasteiger partial charge is 0.324 e. The second-order valence-electron chi connectivity index (χ2n) is 3.26. The molecular weight excluding hydrogens is 242 g/mol. The quantitative estimate of drug-likeness (QED) is 0.882. The Morgan fingerprint density at radius 2 is 2.07 bits per heavy atom. The fraction of sp³-hybridized carbons (Fsp3) is 0.444. The van der Waals surface area contributed by atoms with Crippen molar-refractivity contribution < 1.29 is 0 Å². The van der Waals surface area contributed by atoms with Gasteiger partial charge in [0.05, 0.1) is 5.02 Å². The predicted molar refractivity (Wildman–Crippen MR) is 63.4 cm³/mol. The van der Waals surface area contributed by atoms with Crippen LogP contribution in [0.2, 0.25) is 5.02 Å². The maximum absolute atomic E-state index is 5.99. The van der Waals surface area contributed by atoms with Crippen molar-refractivity contribution in [2.75, 3.05) is 0 Å². The molecule has 1 atom stereocenters. The molecule has 1 heterocycles. The molecule has 0 radical (unpaired) electrons. The highest BCUT2D eigenvalue weighted by Crippen LogP contribution is 2.40. The van der Waals surface area contributed by atoms with E-state index in [4.69, 9.17) is 17.3 Å². The average Bonchev–Trinajstić information content (AvgIpc) is 2.86. The zero-order valence-electron chi connectivity index (χ0n) is 7.52. The molecule has 0 spiro atoms. The van der Waals surface area contributed by atoms with Gasteiger partial charge in [-0.05, 0) is 30.4 Å². The molecule has 1 aromatic heterocycles. The standard InChI is InChI=1S/C9H11ClN2.2ClH/c10-8-5-12-4-3-7(8)9(11)6-1-2-6;;/h3-6,9H,1-2,11H2;2*1H.